The minimum absolute atomic E-state index is 0.0472. The van der Waals surface area contributed by atoms with Crippen molar-refractivity contribution in [3.8, 4) is 0 Å². The second-order valence-electron chi connectivity index (χ2n) is 5.62. The SMILES string of the molecule is CCN(CC)c1nc(Cl)nc(NCC2(CO)CCCC2)n1. The van der Waals surface area contributed by atoms with E-state index in [0.717, 1.165) is 25.9 Å². The number of hydrogen-bond acceptors (Lipinski definition) is 6. The molecule has 0 spiro atoms. The third kappa shape index (κ3) is 3.95. The molecule has 0 unspecified atom stereocenters. The van der Waals surface area contributed by atoms with Crippen LogP contribution in [0.3, 0.4) is 0 Å². The lowest BCUT2D eigenvalue weighted by molar-refractivity contribution is 0.142. The van der Waals surface area contributed by atoms with Crippen LogP contribution in [0.15, 0.2) is 0 Å². The van der Waals surface area contributed by atoms with Crippen molar-refractivity contribution in [2.45, 2.75) is 39.5 Å². The zero-order valence-electron chi connectivity index (χ0n) is 12.8. The van der Waals surface area contributed by atoms with Gasteiger partial charge in [0.2, 0.25) is 17.2 Å². The number of anilines is 2. The van der Waals surface area contributed by atoms with E-state index in [1.165, 1.54) is 12.8 Å². The van der Waals surface area contributed by atoms with Crippen molar-refractivity contribution in [1.29, 1.82) is 0 Å². The first-order chi connectivity index (χ1) is 10.1. The summed E-state index contributed by atoms with van der Waals surface area (Å²) in [6, 6.07) is 0. The summed E-state index contributed by atoms with van der Waals surface area (Å²) in [4.78, 5) is 14.8. The van der Waals surface area contributed by atoms with E-state index in [4.69, 9.17) is 11.6 Å². The molecule has 1 aliphatic carbocycles. The maximum atomic E-state index is 9.64. The lowest BCUT2D eigenvalue weighted by atomic mass is 9.87. The standard InChI is InChI=1S/C14H24ClN5O/c1-3-20(4-2)13-18-11(15)17-12(19-13)16-9-14(10-21)7-5-6-8-14/h21H,3-10H2,1-2H3,(H,16,17,18,19). The molecular weight excluding hydrogens is 290 g/mol. The van der Waals surface area contributed by atoms with Crippen molar-refractivity contribution >= 4 is 23.5 Å². The fourth-order valence-electron chi connectivity index (χ4n) is 2.85. The van der Waals surface area contributed by atoms with E-state index in [9.17, 15) is 5.11 Å². The van der Waals surface area contributed by atoms with Gasteiger partial charge < -0.3 is 15.3 Å². The summed E-state index contributed by atoms with van der Waals surface area (Å²) in [7, 11) is 0. The predicted octanol–water partition coefficient (Wildman–Crippen LogP) is 2.34. The number of hydrogen-bond donors (Lipinski definition) is 2. The highest BCUT2D eigenvalue weighted by Gasteiger charge is 2.33. The Balaban J connectivity index is 2.09. The van der Waals surface area contributed by atoms with Crippen LogP contribution in [-0.4, -0.2) is 46.3 Å². The minimum atomic E-state index is -0.0472. The van der Waals surface area contributed by atoms with Gasteiger partial charge in [-0.2, -0.15) is 15.0 Å². The number of nitrogens with zero attached hydrogens (tertiary/aromatic N) is 4. The number of rotatable bonds is 7. The summed E-state index contributed by atoms with van der Waals surface area (Å²) < 4.78 is 0. The highest BCUT2D eigenvalue weighted by Crippen LogP contribution is 2.37. The van der Waals surface area contributed by atoms with Gasteiger partial charge in [0, 0.05) is 25.0 Å². The number of aliphatic hydroxyl groups is 1. The van der Waals surface area contributed by atoms with Crippen molar-refractivity contribution in [3.63, 3.8) is 0 Å². The molecule has 21 heavy (non-hydrogen) atoms. The van der Waals surface area contributed by atoms with Crippen LogP contribution >= 0.6 is 11.6 Å². The van der Waals surface area contributed by atoms with Gasteiger partial charge in [0.25, 0.3) is 0 Å². The van der Waals surface area contributed by atoms with E-state index in [0.29, 0.717) is 18.4 Å². The van der Waals surface area contributed by atoms with Gasteiger partial charge in [-0.15, -0.1) is 0 Å². The van der Waals surface area contributed by atoms with Crippen LogP contribution in [0.4, 0.5) is 11.9 Å². The van der Waals surface area contributed by atoms with Crippen LogP contribution in [0.1, 0.15) is 39.5 Å². The Labute approximate surface area is 131 Å². The summed E-state index contributed by atoms with van der Waals surface area (Å²) in [6.07, 6.45) is 4.42. The third-order valence-electron chi connectivity index (χ3n) is 4.26. The molecule has 0 aliphatic heterocycles. The van der Waals surface area contributed by atoms with E-state index in [1.807, 2.05) is 18.7 Å². The Morgan fingerprint density at radius 2 is 1.86 bits per heavy atom. The largest absolute Gasteiger partial charge is 0.396 e. The van der Waals surface area contributed by atoms with Gasteiger partial charge in [0.1, 0.15) is 0 Å². The zero-order valence-corrected chi connectivity index (χ0v) is 13.5. The van der Waals surface area contributed by atoms with Crippen molar-refractivity contribution in [3.05, 3.63) is 5.28 Å². The number of halogens is 1. The number of aromatic nitrogens is 3. The van der Waals surface area contributed by atoms with E-state index in [1.54, 1.807) is 0 Å². The van der Waals surface area contributed by atoms with Gasteiger partial charge in [-0.05, 0) is 38.3 Å². The Hall–Kier alpha value is -1.14. The van der Waals surface area contributed by atoms with E-state index >= 15 is 0 Å². The van der Waals surface area contributed by atoms with Crippen molar-refractivity contribution in [2.75, 3.05) is 36.5 Å². The van der Waals surface area contributed by atoms with E-state index in [-0.39, 0.29) is 17.3 Å². The maximum absolute atomic E-state index is 9.64. The molecule has 0 atom stereocenters. The first-order valence-electron chi connectivity index (χ1n) is 7.63. The van der Waals surface area contributed by atoms with Gasteiger partial charge in [-0.25, -0.2) is 0 Å². The molecule has 2 rings (SSSR count). The summed E-state index contributed by atoms with van der Waals surface area (Å²) in [6.45, 7) is 6.60. The molecule has 118 valence electrons. The molecule has 0 radical (unpaired) electrons. The topological polar surface area (TPSA) is 74.2 Å². The normalized spacial score (nSPS) is 17.0. The van der Waals surface area contributed by atoms with Crippen LogP contribution in [0, 0.1) is 5.41 Å². The van der Waals surface area contributed by atoms with Crippen LogP contribution in [-0.2, 0) is 0 Å². The van der Waals surface area contributed by atoms with Gasteiger partial charge in [0.15, 0.2) is 0 Å². The van der Waals surface area contributed by atoms with E-state index < -0.39 is 0 Å². The molecule has 2 N–H and O–H groups in total. The molecule has 0 amide bonds. The average Bonchev–Trinajstić information content (AvgIpc) is 2.95. The lowest BCUT2D eigenvalue weighted by Crippen LogP contribution is -2.31. The van der Waals surface area contributed by atoms with Gasteiger partial charge in [-0.3, -0.25) is 0 Å². The van der Waals surface area contributed by atoms with Crippen LogP contribution in [0.25, 0.3) is 0 Å². The van der Waals surface area contributed by atoms with Crippen molar-refractivity contribution < 1.29 is 5.11 Å². The fraction of sp³-hybridized carbons (Fsp3) is 0.786. The van der Waals surface area contributed by atoms with Crippen LogP contribution in [0.2, 0.25) is 5.28 Å². The Morgan fingerprint density at radius 3 is 2.43 bits per heavy atom. The fourth-order valence-corrected chi connectivity index (χ4v) is 3.00. The van der Waals surface area contributed by atoms with Crippen molar-refractivity contribution in [1.82, 2.24) is 15.0 Å². The Bertz CT molecular complexity index is 461. The molecule has 1 aromatic rings. The number of aliphatic hydroxyl groups excluding tert-OH is 1. The molecule has 0 aromatic carbocycles. The molecule has 1 fully saturated rings. The maximum Gasteiger partial charge on any atom is 0.231 e. The summed E-state index contributed by atoms with van der Waals surface area (Å²) in [5.41, 5.74) is -0.0472. The van der Waals surface area contributed by atoms with E-state index in [2.05, 4.69) is 20.3 Å². The molecule has 1 heterocycles. The second kappa shape index (κ2) is 7.22. The molecule has 0 saturated heterocycles. The Morgan fingerprint density at radius 1 is 1.19 bits per heavy atom. The third-order valence-corrected chi connectivity index (χ3v) is 4.43. The molecular formula is C14H24ClN5O. The molecule has 0 bridgehead atoms. The highest BCUT2D eigenvalue weighted by atomic mass is 35.5. The summed E-state index contributed by atoms with van der Waals surface area (Å²) >= 11 is 5.99. The monoisotopic (exact) mass is 313 g/mol. The molecule has 7 heteroatoms. The average molecular weight is 314 g/mol. The Kier molecular flexibility index (Phi) is 5.58. The quantitative estimate of drug-likeness (QED) is 0.805. The van der Waals surface area contributed by atoms with Crippen molar-refractivity contribution in [2.24, 2.45) is 5.41 Å². The highest BCUT2D eigenvalue weighted by molar-refractivity contribution is 6.28. The molecule has 1 aromatic heterocycles. The number of nitrogens with one attached hydrogen (secondary N) is 1. The van der Waals surface area contributed by atoms with Gasteiger partial charge in [0.05, 0.1) is 6.61 Å². The second-order valence-corrected chi connectivity index (χ2v) is 5.96. The van der Waals surface area contributed by atoms with Gasteiger partial charge >= 0.3 is 0 Å². The lowest BCUT2D eigenvalue weighted by Gasteiger charge is -2.26. The minimum Gasteiger partial charge on any atom is -0.396 e. The predicted molar refractivity (Wildman–Crippen MR) is 84.9 cm³/mol. The first-order valence-corrected chi connectivity index (χ1v) is 8.01. The van der Waals surface area contributed by atoms with Crippen LogP contribution < -0.4 is 10.2 Å². The van der Waals surface area contributed by atoms with Crippen LogP contribution in [0.5, 0.6) is 0 Å². The molecule has 6 nitrogen and oxygen atoms in total. The zero-order chi connectivity index (χ0) is 15.3. The summed E-state index contributed by atoms with van der Waals surface area (Å²) in [5.74, 6) is 1.07. The summed E-state index contributed by atoms with van der Waals surface area (Å²) in [5, 5.41) is 13.1. The molecule has 1 aliphatic rings. The molecule has 1 saturated carbocycles. The smallest absolute Gasteiger partial charge is 0.231 e. The van der Waals surface area contributed by atoms with Gasteiger partial charge in [-0.1, -0.05) is 12.8 Å². The first kappa shape index (κ1) is 16.2.